The van der Waals surface area contributed by atoms with Crippen molar-refractivity contribution < 1.29 is 9.13 Å². The van der Waals surface area contributed by atoms with Crippen LogP contribution in [0.25, 0.3) is 10.9 Å². The van der Waals surface area contributed by atoms with Crippen molar-refractivity contribution >= 4 is 10.9 Å². The summed E-state index contributed by atoms with van der Waals surface area (Å²) in [5, 5.41) is 0.739. The lowest BCUT2D eigenvalue weighted by Crippen LogP contribution is -2.02. The summed E-state index contributed by atoms with van der Waals surface area (Å²) in [6, 6.07) is 5.80. The van der Waals surface area contributed by atoms with Gasteiger partial charge in [0.15, 0.2) is 11.6 Å². The van der Waals surface area contributed by atoms with Crippen LogP contribution in [0.5, 0.6) is 5.75 Å². The lowest BCUT2D eigenvalue weighted by molar-refractivity contribution is 0.387. The monoisotopic (exact) mass is 193 g/mol. The number of hydrogen-bond donors (Lipinski definition) is 1. The number of pyridine rings is 1. The molecule has 0 atom stereocenters. The number of H-pyrrole nitrogens is 1. The van der Waals surface area contributed by atoms with Crippen LogP contribution < -0.4 is 10.3 Å². The van der Waals surface area contributed by atoms with E-state index in [9.17, 15) is 9.18 Å². The van der Waals surface area contributed by atoms with E-state index < -0.39 is 5.82 Å². The van der Waals surface area contributed by atoms with Gasteiger partial charge >= 0.3 is 0 Å². The summed E-state index contributed by atoms with van der Waals surface area (Å²) < 4.78 is 18.0. The van der Waals surface area contributed by atoms with Gasteiger partial charge in [0.2, 0.25) is 5.56 Å². The minimum absolute atomic E-state index is 0.171. The minimum Gasteiger partial charge on any atom is -0.494 e. The zero-order valence-electron chi connectivity index (χ0n) is 7.50. The van der Waals surface area contributed by atoms with Gasteiger partial charge in [0.25, 0.3) is 0 Å². The number of nitrogens with one attached hydrogen (secondary N) is 1. The molecule has 0 radical (unpaired) electrons. The lowest BCUT2D eigenvalue weighted by Gasteiger charge is -2.03. The van der Waals surface area contributed by atoms with E-state index >= 15 is 0 Å². The van der Waals surface area contributed by atoms with Crippen LogP contribution in [0.2, 0.25) is 0 Å². The standard InChI is InChI=1S/C10H8FNO2/c1-14-9-4-6-2-3-10(13)12-8(6)5-7(9)11/h2-5H,1H3,(H,12,13). The first-order chi connectivity index (χ1) is 6.70. The Hall–Kier alpha value is -1.84. The van der Waals surface area contributed by atoms with Gasteiger partial charge in [0.05, 0.1) is 12.6 Å². The quantitative estimate of drug-likeness (QED) is 0.748. The van der Waals surface area contributed by atoms with Gasteiger partial charge in [-0.1, -0.05) is 0 Å². The van der Waals surface area contributed by atoms with Crippen LogP contribution in [0.1, 0.15) is 0 Å². The molecule has 1 aromatic heterocycles. The van der Waals surface area contributed by atoms with Gasteiger partial charge in [0.1, 0.15) is 0 Å². The highest BCUT2D eigenvalue weighted by Gasteiger charge is 2.04. The Labute approximate surface area is 79.1 Å². The molecule has 3 nitrogen and oxygen atoms in total. The highest BCUT2D eigenvalue weighted by molar-refractivity contribution is 5.79. The molecule has 2 rings (SSSR count). The maximum absolute atomic E-state index is 13.2. The number of benzene rings is 1. The first kappa shape index (κ1) is 8.74. The Kier molecular flexibility index (Phi) is 1.96. The molecule has 4 heteroatoms. The van der Waals surface area contributed by atoms with Crippen LogP contribution in [-0.4, -0.2) is 12.1 Å². The van der Waals surface area contributed by atoms with E-state index in [4.69, 9.17) is 4.74 Å². The number of hydrogen-bond acceptors (Lipinski definition) is 2. The summed E-state index contributed by atoms with van der Waals surface area (Å²) in [5.41, 5.74) is 0.220. The zero-order valence-corrected chi connectivity index (χ0v) is 7.50. The fourth-order valence-electron chi connectivity index (χ4n) is 1.31. The molecule has 0 fully saturated rings. The number of aromatic nitrogens is 1. The van der Waals surface area contributed by atoms with Gasteiger partial charge in [-0.05, 0) is 12.1 Å². The maximum atomic E-state index is 13.2. The molecule has 0 amide bonds. The third kappa shape index (κ3) is 1.35. The summed E-state index contributed by atoms with van der Waals surface area (Å²) >= 11 is 0. The number of rotatable bonds is 1. The average molecular weight is 193 g/mol. The Morgan fingerprint density at radius 2 is 2.14 bits per heavy atom. The maximum Gasteiger partial charge on any atom is 0.248 e. The molecule has 0 bridgehead atoms. The fraction of sp³-hybridized carbons (Fsp3) is 0.100. The molecule has 0 unspecified atom stereocenters. The van der Waals surface area contributed by atoms with E-state index in [1.165, 1.54) is 19.2 Å². The third-order valence-electron chi connectivity index (χ3n) is 2.00. The molecule has 1 N–H and O–H groups in total. The summed E-state index contributed by atoms with van der Waals surface area (Å²) in [5.74, 6) is -0.314. The van der Waals surface area contributed by atoms with Crippen molar-refractivity contribution in [1.29, 1.82) is 0 Å². The molecule has 2 aromatic rings. The summed E-state index contributed by atoms with van der Waals surface area (Å²) in [6.07, 6.45) is 0. The van der Waals surface area contributed by atoms with Crippen molar-refractivity contribution in [1.82, 2.24) is 4.98 Å². The first-order valence-corrected chi connectivity index (χ1v) is 4.07. The van der Waals surface area contributed by atoms with Crippen molar-refractivity contribution in [2.75, 3.05) is 7.11 Å². The smallest absolute Gasteiger partial charge is 0.248 e. The van der Waals surface area contributed by atoms with E-state index in [2.05, 4.69) is 4.98 Å². The van der Waals surface area contributed by atoms with Crippen LogP contribution >= 0.6 is 0 Å². The van der Waals surface area contributed by atoms with E-state index in [0.717, 1.165) is 5.39 Å². The summed E-state index contributed by atoms with van der Waals surface area (Å²) in [6.45, 7) is 0. The third-order valence-corrected chi connectivity index (χ3v) is 2.00. The molecule has 14 heavy (non-hydrogen) atoms. The van der Waals surface area contributed by atoms with Crippen LogP contribution in [0, 0.1) is 5.82 Å². The van der Waals surface area contributed by atoms with Crippen LogP contribution in [-0.2, 0) is 0 Å². The second-order valence-corrected chi connectivity index (χ2v) is 2.90. The van der Waals surface area contributed by atoms with E-state index in [1.807, 2.05) is 0 Å². The van der Waals surface area contributed by atoms with Crippen molar-refractivity contribution in [3.05, 3.63) is 40.4 Å². The summed E-state index contributed by atoms with van der Waals surface area (Å²) in [7, 11) is 1.40. The zero-order chi connectivity index (χ0) is 10.1. The predicted molar refractivity (Wildman–Crippen MR) is 51.1 cm³/mol. The molecule has 0 aliphatic heterocycles. The number of ether oxygens (including phenoxy) is 1. The number of halogens is 1. The fourth-order valence-corrected chi connectivity index (χ4v) is 1.31. The average Bonchev–Trinajstić information content (AvgIpc) is 2.16. The van der Waals surface area contributed by atoms with E-state index in [-0.39, 0.29) is 11.3 Å². The lowest BCUT2D eigenvalue weighted by atomic mass is 10.2. The van der Waals surface area contributed by atoms with Gasteiger partial charge in [-0.2, -0.15) is 0 Å². The Balaban J connectivity index is 2.79. The number of methoxy groups -OCH3 is 1. The largest absolute Gasteiger partial charge is 0.494 e. The topological polar surface area (TPSA) is 42.1 Å². The second kappa shape index (κ2) is 3.14. The van der Waals surface area contributed by atoms with E-state index in [0.29, 0.717) is 5.52 Å². The van der Waals surface area contributed by atoms with Gasteiger partial charge in [-0.15, -0.1) is 0 Å². The molecule has 1 aromatic carbocycles. The highest BCUT2D eigenvalue weighted by Crippen LogP contribution is 2.22. The number of fused-ring (bicyclic) bond motifs is 1. The summed E-state index contributed by atoms with van der Waals surface area (Å²) in [4.78, 5) is 13.5. The molecule has 72 valence electrons. The van der Waals surface area contributed by atoms with Gasteiger partial charge in [0, 0.05) is 17.5 Å². The van der Waals surface area contributed by atoms with Crippen molar-refractivity contribution in [2.24, 2.45) is 0 Å². The van der Waals surface area contributed by atoms with Crippen molar-refractivity contribution in [2.45, 2.75) is 0 Å². The van der Waals surface area contributed by atoms with Crippen LogP contribution in [0.4, 0.5) is 4.39 Å². The van der Waals surface area contributed by atoms with Gasteiger partial charge < -0.3 is 9.72 Å². The minimum atomic E-state index is -0.484. The van der Waals surface area contributed by atoms with Crippen LogP contribution in [0.15, 0.2) is 29.1 Å². The molecule has 1 heterocycles. The molecular formula is C10H8FNO2. The van der Waals surface area contributed by atoms with E-state index in [1.54, 1.807) is 12.1 Å². The van der Waals surface area contributed by atoms with Gasteiger partial charge in [-0.25, -0.2) is 4.39 Å². The molecule has 0 aliphatic rings. The molecular weight excluding hydrogens is 185 g/mol. The predicted octanol–water partition coefficient (Wildman–Crippen LogP) is 1.68. The molecule has 0 aliphatic carbocycles. The Morgan fingerprint density at radius 1 is 1.36 bits per heavy atom. The Bertz CT molecular complexity index is 533. The molecule has 0 saturated carbocycles. The first-order valence-electron chi connectivity index (χ1n) is 4.07. The normalized spacial score (nSPS) is 10.4. The van der Waals surface area contributed by atoms with Crippen LogP contribution in [0.3, 0.4) is 0 Å². The molecule has 0 saturated heterocycles. The number of aromatic amines is 1. The second-order valence-electron chi connectivity index (χ2n) is 2.90. The van der Waals surface area contributed by atoms with Crippen molar-refractivity contribution in [3.63, 3.8) is 0 Å². The highest BCUT2D eigenvalue weighted by atomic mass is 19.1. The van der Waals surface area contributed by atoms with Crippen molar-refractivity contribution in [3.8, 4) is 5.75 Å². The Morgan fingerprint density at radius 3 is 2.86 bits per heavy atom. The van der Waals surface area contributed by atoms with Gasteiger partial charge in [-0.3, -0.25) is 4.79 Å². The molecule has 0 spiro atoms. The SMILES string of the molecule is COc1cc2ccc(=O)[nH]c2cc1F.